The zero-order valence-electron chi connectivity index (χ0n) is 12.7. The van der Waals surface area contributed by atoms with E-state index in [1.807, 2.05) is 13.0 Å². The van der Waals surface area contributed by atoms with Crippen LogP contribution in [-0.2, 0) is 6.42 Å². The normalized spacial score (nSPS) is 11.0. The average molecular weight is 352 g/mol. The summed E-state index contributed by atoms with van der Waals surface area (Å²) in [7, 11) is 1.60. The maximum atomic E-state index is 6.16. The van der Waals surface area contributed by atoms with Gasteiger partial charge in [-0.05, 0) is 19.4 Å². The highest BCUT2D eigenvalue weighted by atomic mass is 35.5. The number of nitrogens with zero attached hydrogens (tertiary/aromatic N) is 2. The lowest BCUT2D eigenvalue weighted by molar-refractivity contribution is 0.408. The Hall–Kier alpha value is -1.98. The van der Waals surface area contributed by atoms with Crippen molar-refractivity contribution in [2.75, 3.05) is 19.0 Å². The van der Waals surface area contributed by atoms with Crippen molar-refractivity contribution in [3.63, 3.8) is 0 Å². The van der Waals surface area contributed by atoms with Gasteiger partial charge in [0.15, 0.2) is 11.3 Å². The van der Waals surface area contributed by atoms with Crippen LogP contribution in [0.25, 0.3) is 11.0 Å². The Kier molecular flexibility index (Phi) is 4.59. The Morgan fingerprint density at radius 1 is 1.22 bits per heavy atom. The van der Waals surface area contributed by atoms with Crippen LogP contribution in [0.15, 0.2) is 28.9 Å². The number of ether oxygens (including phenoxy) is 1. The molecule has 0 fully saturated rings. The van der Waals surface area contributed by atoms with Gasteiger partial charge in [0, 0.05) is 34.6 Å². The second kappa shape index (κ2) is 6.64. The lowest BCUT2D eigenvalue weighted by Gasteiger charge is -2.06. The average Bonchev–Trinajstić information content (AvgIpc) is 2.83. The number of fused-ring (bicyclic) bond motifs is 1. The maximum absolute atomic E-state index is 6.16. The van der Waals surface area contributed by atoms with Gasteiger partial charge in [-0.3, -0.25) is 0 Å². The van der Waals surface area contributed by atoms with Gasteiger partial charge >= 0.3 is 0 Å². The largest absolute Gasteiger partial charge is 0.493 e. The molecule has 3 rings (SSSR count). The summed E-state index contributed by atoms with van der Waals surface area (Å²) in [5.74, 6) is 2.17. The number of rotatable bonds is 5. The van der Waals surface area contributed by atoms with E-state index in [1.165, 1.54) is 6.33 Å². The zero-order valence-corrected chi connectivity index (χ0v) is 14.2. The highest BCUT2D eigenvalue weighted by Gasteiger charge is 2.15. The van der Waals surface area contributed by atoms with Gasteiger partial charge in [0.2, 0.25) is 0 Å². The Bertz CT molecular complexity index is 849. The van der Waals surface area contributed by atoms with Gasteiger partial charge in [-0.1, -0.05) is 23.2 Å². The lowest BCUT2D eigenvalue weighted by Crippen LogP contribution is -2.06. The van der Waals surface area contributed by atoms with Crippen molar-refractivity contribution in [2.24, 2.45) is 0 Å². The summed E-state index contributed by atoms with van der Waals surface area (Å²) in [5, 5.41) is 5.21. The smallest absolute Gasteiger partial charge is 0.176 e. The first-order valence-corrected chi connectivity index (χ1v) is 7.81. The van der Waals surface area contributed by atoms with Crippen LogP contribution in [0.2, 0.25) is 10.2 Å². The fraction of sp³-hybridized carbons (Fsp3) is 0.250. The molecule has 2 heterocycles. The van der Waals surface area contributed by atoms with Crippen molar-refractivity contribution in [1.82, 2.24) is 9.97 Å². The third-order valence-corrected chi connectivity index (χ3v) is 3.98. The molecule has 0 radical (unpaired) electrons. The van der Waals surface area contributed by atoms with Crippen molar-refractivity contribution in [2.45, 2.75) is 13.3 Å². The van der Waals surface area contributed by atoms with E-state index in [4.69, 9.17) is 32.4 Å². The summed E-state index contributed by atoms with van der Waals surface area (Å²) in [5.41, 5.74) is 1.81. The van der Waals surface area contributed by atoms with Crippen LogP contribution in [0.1, 0.15) is 11.3 Å². The number of benzene rings is 1. The number of nitrogens with one attached hydrogen (secondary N) is 1. The number of aryl methyl sites for hydroxylation is 1. The minimum absolute atomic E-state index is 0.406. The number of methoxy groups -OCH3 is 1. The van der Waals surface area contributed by atoms with Crippen molar-refractivity contribution < 1.29 is 9.15 Å². The second-order valence-electron chi connectivity index (χ2n) is 5.02. The van der Waals surface area contributed by atoms with Gasteiger partial charge < -0.3 is 14.5 Å². The number of hydrogen-bond acceptors (Lipinski definition) is 5. The number of hydrogen-bond donors (Lipinski definition) is 1. The molecule has 5 nitrogen and oxygen atoms in total. The van der Waals surface area contributed by atoms with Crippen molar-refractivity contribution >= 4 is 40.0 Å². The Morgan fingerprint density at radius 2 is 2.04 bits per heavy atom. The van der Waals surface area contributed by atoms with Crippen LogP contribution in [0.3, 0.4) is 0 Å². The van der Waals surface area contributed by atoms with E-state index in [1.54, 1.807) is 19.2 Å². The van der Waals surface area contributed by atoms with Gasteiger partial charge in [0.25, 0.3) is 0 Å². The lowest BCUT2D eigenvalue weighted by atomic mass is 10.1. The SMILES string of the molecule is COc1cc(Cl)cc2c(CCNc3cc(Cl)ncn3)c(C)oc12. The Balaban J connectivity index is 1.82. The highest BCUT2D eigenvalue weighted by molar-refractivity contribution is 6.31. The molecule has 7 heteroatoms. The molecule has 0 saturated carbocycles. The maximum Gasteiger partial charge on any atom is 0.176 e. The summed E-state index contributed by atoms with van der Waals surface area (Å²) >= 11 is 12.0. The van der Waals surface area contributed by atoms with E-state index in [9.17, 15) is 0 Å². The molecule has 1 N–H and O–H groups in total. The minimum atomic E-state index is 0.406. The Morgan fingerprint density at radius 3 is 2.78 bits per heavy atom. The molecule has 0 aliphatic rings. The van der Waals surface area contributed by atoms with Crippen molar-refractivity contribution in [3.05, 3.63) is 46.0 Å². The van der Waals surface area contributed by atoms with Gasteiger partial charge in [-0.15, -0.1) is 0 Å². The predicted molar refractivity (Wildman–Crippen MR) is 91.7 cm³/mol. The molecule has 0 atom stereocenters. The standard InChI is InChI=1S/C16H15Cl2N3O2/c1-9-11(3-4-19-15-7-14(18)20-8-21-15)12-5-10(17)6-13(22-2)16(12)23-9/h5-8H,3-4H2,1-2H3,(H,19,20,21). The van der Waals surface area contributed by atoms with E-state index in [2.05, 4.69) is 15.3 Å². The summed E-state index contributed by atoms with van der Waals surface area (Å²) in [6.07, 6.45) is 2.18. The van der Waals surface area contributed by atoms with Gasteiger partial charge in [0.1, 0.15) is 23.1 Å². The number of furan rings is 1. The highest BCUT2D eigenvalue weighted by Crippen LogP contribution is 2.35. The van der Waals surface area contributed by atoms with Gasteiger partial charge in [-0.25, -0.2) is 9.97 Å². The third kappa shape index (κ3) is 3.35. The van der Waals surface area contributed by atoms with E-state index in [0.29, 0.717) is 28.3 Å². The third-order valence-electron chi connectivity index (χ3n) is 3.56. The molecule has 0 aliphatic heterocycles. The fourth-order valence-electron chi connectivity index (χ4n) is 2.51. The van der Waals surface area contributed by atoms with E-state index in [-0.39, 0.29) is 0 Å². The van der Waals surface area contributed by atoms with Gasteiger partial charge in [0.05, 0.1) is 7.11 Å². The molecule has 2 aromatic heterocycles. The Labute approximate surface area is 143 Å². The quantitative estimate of drug-likeness (QED) is 0.685. The zero-order chi connectivity index (χ0) is 16.4. The molecule has 23 heavy (non-hydrogen) atoms. The second-order valence-corrected chi connectivity index (χ2v) is 5.85. The molecule has 0 amide bonds. The summed E-state index contributed by atoms with van der Waals surface area (Å²) in [6, 6.07) is 5.33. The summed E-state index contributed by atoms with van der Waals surface area (Å²) < 4.78 is 11.2. The van der Waals surface area contributed by atoms with Crippen LogP contribution in [-0.4, -0.2) is 23.6 Å². The first kappa shape index (κ1) is 15.9. The van der Waals surface area contributed by atoms with E-state index >= 15 is 0 Å². The fourth-order valence-corrected chi connectivity index (χ4v) is 2.87. The van der Waals surface area contributed by atoms with Crippen molar-refractivity contribution in [3.8, 4) is 5.75 Å². The molecule has 3 aromatic rings. The minimum Gasteiger partial charge on any atom is -0.493 e. The molecule has 0 aliphatic carbocycles. The number of anilines is 1. The number of aromatic nitrogens is 2. The van der Waals surface area contributed by atoms with Crippen LogP contribution >= 0.6 is 23.2 Å². The van der Waals surface area contributed by atoms with Crippen LogP contribution in [0, 0.1) is 6.92 Å². The molecular formula is C16H15Cl2N3O2. The van der Waals surface area contributed by atoms with E-state index in [0.717, 1.165) is 28.7 Å². The molecule has 120 valence electrons. The molecule has 0 saturated heterocycles. The van der Waals surface area contributed by atoms with Crippen molar-refractivity contribution in [1.29, 1.82) is 0 Å². The molecular weight excluding hydrogens is 337 g/mol. The van der Waals surface area contributed by atoms with Crippen LogP contribution < -0.4 is 10.1 Å². The summed E-state index contributed by atoms with van der Waals surface area (Å²) in [6.45, 7) is 2.61. The predicted octanol–water partition coefficient (Wildman–Crippen LogP) is 4.50. The first-order valence-electron chi connectivity index (χ1n) is 7.05. The monoisotopic (exact) mass is 351 g/mol. The van der Waals surface area contributed by atoms with Crippen LogP contribution in [0.5, 0.6) is 5.75 Å². The first-order chi connectivity index (χ1) is 11.1. The molecule has 0 bridgehead atoms. The molecule has 0 unspecified atom stereocenters. The topological polar surface area (TPSA) is 60.2 Å². The number of halogens is 2. The van der Waals surface area contributed by atoms with E-state index < -0.39 is 0 Å². The molecule has 0 spiro atoms. The molecule has 1 aromatic carbocycles. The van der Waals surface area contributed by atoms with Gasteiger partial charge in [-0.2, -0.15) is 0 Å². The van der Waals surface area contributed by atoms with Crippen LogP contribution in [0.4, 0.5) is 5.82 Å². The summed E-state index contributed by atoms with van der Waals surface area (Å²) in [4.78, 5) is 7.97.